The van der Waals surface area contributed by atoms with Gasteiger partial charge in [0.25, 0.3) is 0 Å². The van der Waals surface area contributed by atoms with E-state index in [9.17, 15) is 40.5 Å². The van der Waals surface area contributed by atoms with Crippen LogP contribution < -0.4 is 5.32 Å². The lowest BCUT2D eigenvalue weighted by Crippen LogP contribution is -2.60. The lowest BCUT2D eigenvalue weighted by molar-refractivity contribution is -0.303. The lowest BCUT2D eigenvalue weighted by Gasteiger charge is -2.40. The number of carbonyl (C=O) groups is 1. The van der Waals surface area contributed by atoms with Gasteiger partial charge in [-0.1, -0.05) is 238 Å². The molecule has 1 fully saturated rings. The van der Waals surface area contributed by atoms with Crippen molar-refractivity contribution < 1.29 is 50.0 Å². The smallest absolute Gasteiger partial charge is 0.249 e. The summed E-state index contributed by atoms with van der Waals surface area (Å²) in [6.07, 6.45) is 40.3. The first-order valence-electron chi connectivity index (χ1n) is 28.1. The van der Waals surface area contributed by atoms with Gasteiger partial charge in [0, 0.05) is 0 Å². The summed E-state index contributed by atoms with van der Waals surface area (Å²) in [5, 5.41) is 75.7. The van der Waals surface area contributed by atoms with E-state index in [2.05, 4.69) is 31.3 Å². The molecule has 0 aromatic heterocycles. The predicted molar refractivity (Wildman–Crippen MR) is 270 cm³/mol. The number of ether oxygens (including phenoxy) is 2. The van der Waals surface area contributed by atoms with Gasteiger partial charge in [-0.05, 0) is 38.5 Å². The summed E-state index contributed by atoms with van der Waals surface area (Å²) < 4.78 is 11.1. The molecular formula is C55H107NO10. The zero-order valence-corrected chi connectivity index (χ0v) is 42.7. The number of nitrogens with one attached hydrogen (secondary N) is 1. The van der Waals surface area contributed by atoms with Crippen LogP contribution in [0.4, 0.5) is 0 Å². The number of rotatable bonds is 48. The Hall–Kier alpha value is -1.15. The molecule has 8 N–H and O–H groups in total. The first kappa shape index (κ1) is 62.9. The molecule has 1 aliphatic heterocycles. The second kappa shape index (κ2) is 45.0. The van der Waals surface area contributed by atoms with Crippen LogP contribution in [0.5, 0.6) is 0 Å². The van der Waals surface area contributed by atoms with Crippen molar-refractivity contribution in [1.29, 1.82) is 0 Å². The van der Waals surface area contributed by atoms with E-state index in [4.69, 9.17) is 9.47 Å². The maximum atomic E-state index is 13.0. The molecule has 11 heteroatoms. The van der Waals surface area contributed by atoms with Crippen LogP contribution in [0, 0.1) is 0 Å². The Morgan fingerprint density at radius 3 is 1.30 bits per heavy atom. The second-order valence-corrected chi connectivity index (χ2v) is 20.0. The highest BCUT2D eigenvalue weighted by Gasteiger charge is 2.44. The highest BCUT2D eigenvalue weighted by molar-refractivity contribution is 5.80. The van der Waals surface area contributed by atoms with Crippen LogP contribution in [0.15, 0.2) is 12.2 Å². The first-order valence-corrected chi connectivity index (χ1v) is 28.1. The molecule has 9 unspecified atom stereocenters. The van der Waals surface area contributed by atoms with E-state index in [1.165, 1.54) is 186 Å². The van der Waals surface area contributed by atoms with Gasteiger partial charge in [0.1, 0.15) is 36.6 Å². The number of hydrogen-bond acceptors (Lipinski definition) is 10. The fourth-order valence-electron chi connectivity index (χ4n) is 9.21. The van der Waals surface area contributed by atoms with E-state index in [0.29, 0.717) is 12.8 Å². The molecular weight excluding hydrogens is 835 g/mol. The minimum Gasteiger partial charge on any atom is -0.394 e. The van der Waals surface area contributed by atoms with Crippen molar-refractivity contribution >= 4 is 5.91 Å². The van der Waals surface area contributed by atoms with Crippen LogP contribution in [-0.4, -0.2) is 110 Å². The molecule has 1 aliphatic rings. The summed E-state index contributed by atoms with van der Waals surface area (Å²) in [6.45, 7) is 3.42. The van der Waals surface area contributed by atoms with Gasteiger partial charge in [-0.15, -0.1) is 0 Å². The monoisotopic (exact) mass is 942 g/mol. The van der Waals surface area contributed by atoms with E-state index < -0.39 is 74.2 Å². The van der Waals surface area contributed by atoms with E-state index in [1.807, 2.05) is 0 Å². The van der Waals surface area contributed by atoms with Crippen LogP contribution in [0.1, 0.15) is 264 Å². The Bertz CT molecular complexity index is 1080. The number of amides is 1. The minimum atomic E-state index is -1.66. The Morgan fingerprint density at radius 2 is 0.894 bits per heavy atom. The second-order valence-electron chi connectivity index (χ2n) is 20.0. The Labute approximate surface area is 404 Å². The molecule has 0 aromatic carbocycles. The molecule has 1 amide bonds. The van der Waals surface area contributed by atoms with Gasteiger partial charge in [-0.25, -0.2) is 0 Å². The predicted octanol–water partition coefficient (Wildman–Crippen LogP) is 11.2. The first-order chi connectivity index (χ1) is 32.2. The van der Waals surface area contributed by atoms with Crippen molar-refractivity contribution in [2.75, 3.05) is 13.2 Å². The molecule has 0 radical (unpaired) electrons. The molecule has 0 saturated carbocycles. The zero-order valence-electron chi connectivity index (χ0n) is 42.7. The molecule has 66 heavy (non-hydrogen) atoms. The molecule has 0 bridgehead atoms. The molecule has 1 saturated heterocycles. The SMILES string of the molecule is CCCCCCCCCCCCCCCCCCCCCCCCCCC/C=C/CCCC(O)C(O)C(COC1OC(CO)C(O)C(O)C1O)NC(=O)C(O)CCCCCCCCCCC. The highest BCUT2D eigenvalue weighted by Crippen LogP contribution is 2.23. The van der Waals surface area contributed by atoms with Crippen molar-refractivity contribution in [3.8, 4) is 0 Å². The van der Waals surface area contributed by atoms with E-state index in [-0.39, 0.29) is 12.8 Å². The van der Waals surface area contributed by atoms with Crippen LogP contribution >= 0.6 is 0 Å². The minimum absolute atomic E-state index is 0.257. The summed E-state index contributed by atoms with van der Waals surface area (Å²) in [7, 11) is 0. The van der Waals surface area contributed by atoms with Crippen molar-refractivity contribution in [3.63, 3.8) is 0 Å². The molecule has 1 heterocycles. The van der Waals surface area contributed by atoms with Gasteiger partial charge >= 0.3 is 0 Å². The molecule has 392 valence electrons. The van der Waals surface area contributed by atoms with Gasteiger partial charge in [0.15, 0.2) is 6.29 Å². The van der Waals surface area contributed by atoms with Crippen molar-refractivity contribution in [1.82, 2.24) is 5.32 Å². The van der Waals surface area contributed by atoms with Gasteiger partial charge in [0.05, 0.1) is 25.4 Å². The average molecular weight is 942 g/mol. The quantitative estimate of drug-likeness (QED) is 0.0215. The largest absolute Gasteiger partial charge is 0.394 e. The lowest BCUT2D eigenvalue weighted by atomic mass is 9.98. The molecule has 0 aromatic rings. The van der Waals surface area contributed by atoms with Gasteiger partial charge < -0.3 is 50.5 Å². The zero-order chi connectivity index (χ0) is 48.3. The van der Waals surface area contributed by atoms with Crippen molar-refractivity contribution in [2.45, 2.75) is 319 Å². The fourth-order valence-corrected chi connectivity index (χ4v) is 9.21. The Morgan fingerprint density at radius 1 is 0.515 bits per heavy atom. The molecule has 0 spiro atoms. The number of carbonyl (C=O) groups excluding carboxylic acids is 1. The Kier molecular flexibility index (Phi) is 42.9. The van der Waals surface area contributed by atoms with E-state index in [0.717, 1.165) is 38.5 Å². The van der Waals surface area contributed by atoms with Crippen molar-refractivity contribution in [3.05, 3.63) is 12.2 Å². The third-order valence-electron chi connectivity index (χ3n) is 13.8. The number of unbranched alkanes of at least 4 members (excludes halogenated alkanes) is 34. The van der Waals surface area contributed by atoms with Gasteiger partial charge in [-0.2, -0.15) is 0 Å². The van der Waals surface area contributed by atoms with Crippen molar-refractivity contribution in [2.24, 2.45) is 0 Å². The highest BCUT2D eigenvalue weighted by atomic mass is 16.7. The Balaban J connectivity index is 2.21. The molecule has 9 atom stereocenters. The number of aliphatic hydroxyl groups excluding tert-OH is 7. The van der Waals surface area contributed by atoms with Crippen LogP contribution in [0.2, 0.25) is 0 Å². The number of aliphatic hydroxyl groups is 7. The summed E-state index contributed by atoms with van der Waals surface area (Å²) in [5.74, 6) is -0.706. The fraction of sp³-hybridized carbons (Fsp3) is 0.945. The van der Waals surface area contributed by atoms with E-state index in [1.54, 1.807) is 0 Å². The third kappa shape index (κ3) is 33.4. The van der Waals surface area contributed by atoms with Crippen LogP contribution in [-0.2, 0) is 14.3 Å². The van der Waals surface area contributed by atoms with E-state index >= 15 is 0 Å². The summed E-state index contributed by atoms with van der Waals surface area (Å²) in [5.41, 5.74) is 0. The van der Waals surface area contributed by atoms with Gasteiger partial charge in [-0.3, -0.25) is 4.79 Å². The number of hydrogen-bond donors (Lipinski definition) is 8. The standard InChI is InChI=1S/C55H107NO10/c1-3-5-7-9-11-13-14-15-16-17-18-19-20-21-22-23-24-25-26-27-28-29-30-31-32-33-35-36-38-40-42-47(58)50(60)46(45-65-55-53(63)52(62)51(61)49(44-57)66-55)56-54(64)48(59)43-41-39-37-34-12-10-8-6-4-2/h35-36,46-53,55,57-63H,3-34,37-45H2,1-2H3,(H,56,64)/b36-35+. The maximum Gasteiger partial charge on any atom is 0.249 e. The van der Waals surface area contributed by atoms with Gasteiger partial charge in [0.2, 0.25) is 5.91 Å². The summed E-state index contributed by atoms with van der Waals surface area (Å²) >= 11 is 0. The topological polar surface area (TPSA) is 189 Å². The number of allylic oxidation sites excluding steroid dienone is 2. The summed E-state index contributed by atoms with van der Waals surface area (Å²) in [4.78, 5) is 13.0. The molecule has 11 nitrogen and oxygen atoms in total. The maximum absolute atomic E-state index is 13.0. The molecule has 0 aliphatic carbocycles. The average Bonchev–Trinajstić information content (AvgIpc) is 3.32. The third-order valence-corrected chi connectivity index (χ3v) is 13.8. The molecule has 1 rings (SSSR count). The van der Waals surface area contributed by atoms with Crippen LogP contribution in [0.25, 0.3) is 0 Å². The van der Waals surface area contributed by atoms with Crippen LogP contribution in [0.3, 0.4) is 0 Å². The summed E-state index contributed by atoms with van der Waals surface area (Å²) in [6, 6.07) is -1.18. The normalized spacial score (nSPS) is 20.8.